The van der Waals surface area contributed by atoms with E-state index in [1.807, 2.05) is 97.1 Å². The number of anilines is 2. The second-order valence-corrected chi connectivity index (χ2v) is 10.0. The van der Waals surface area contributed by atoms with Crippen LogP contribution in [0.1, 0.15) is 13.8 Å². The van der Waals surface area contributed by atoms with E-state index in [1.165, 1.54) is 0 Å². The molecule has 0 aliphatic carbocycles. The van der Waals surface area contributed by atoms with Gasteiger partial charge in [-0.15, -0.1) is 10.2 Å². The van der Waals surface area contributed by atoms with E-state index >= 15 is 0 Å². The highest BCUT2D eigenvalue weighted by Crippen LogP contribution is 2.34. The highest BCUT2D eigenvalue weighted by Gasteiger charge is 2.06. The van der Waals surface area contributed by atoms with Gasteiger partial charge in [0, 0.05) is 46.0 Å². The minimum atomic E-state index is 0.723. The molecule has 2 N–H and O–H groups in total. The van der Waals surface area contributed by atoms with Crippen LogP contribution in [0.3, 0.4) is 0 Å². The summed E-state index contributed by atoms with van der Waals surface area (Å²) in [4.78, 5) is 0. The van der Waals surface area contributed by atoms with E-state index in [9.17, 15) is 0 Å². The van der Waals surface area contributed by atoms with Gasteiger partial charge >= 0.3 is 0 Å². The Morgan fingerprint density at radius 1 is 0.364 bits per heavy atom. The molecular weight excluding hydrogens is 544 g/mol. The second kappa shape index (κ2) is 13.5. The summed E-state index contributed by atoms with van der Waals surface area (Å²) in [5.74, 6) is 0. The lowest BCUT2D eigenvalue weighted by molar-refractivity contribution is 1.20. The van der Waals surface area contributed by atoms with Crippen LogP contribution in [-0.4, -0.2) is 13.1 Å². The maximum absolute atomic E-state index is 4.52. The zero-order valence-electron chi connectivity index (χ0n) is 24.6. The number of azo groups is 3. The zero-order chi connectivity index (χ0) is 30.1. The van der Waals surface area contributed by atoms with Crippen molar-refractivity contribution in [1.82, 2.24) is 0 Å². The molecule has 0 amide bonds. The Labute approximate surface area is 256 Å². The average Bonchev–Trinajstić information content (AvgIpc) is 3.08. The van der Waals surface area contributed by atoms with E-state index in [0.29, 0.717) is 0 Å². The third-order valence-electron chi connectivity index (χ3n) is 7.06. The van der Waals surface area contributed by atoms with E-state index in [0.717, 1.165) is 80.1 Å². The maximum atomic E-state index is 4.52. The van der Waals surface area contributed by atoms with Gasteiger partial charge in [-0.1, -0.05) is 48.5 Å². The minimum Gasteiger partial charge on any atom is -0.385 e. The van der Waals surface area contributed by atoms with Gasteiger partial charge in [0.25, 0.3) is 0 Å². The molecule has 0 aliphatic rings. The summed E-state index contributed by atoms with van der Waals surface area (Å²) >= 11 is 0. The third kappa shape index (κ3) is 6.50. The smallest absolute Gasteiger partial charge is 0.0936 e. The molecule has 6 rings (SSSR count). The second-order valence-electron chi connectivity index (χ2n) is 10.0. The number of benzene rings is 6. The van der Waals surface area contributed by atoms with Crippen LogP contribution in [0.5, 0.6) is 0 Å². The van der Waals surface area contributed by atoms with Crippen molar-refractivity contribution in [3.8, 4) is 0 Å². The Balaban J connectivity index is 1.11. The van der Waals surface area contributed by atoms with Crippen LogP contribution < -0.4 is 10.6 Å². The summed E-state index contributed by atoms with van der Waals surface area (Å²) in [6.07, 6.45) is 0. The minimum absolute atomic E-state index is 0.723. The average molecular weight is 577 g/mol. The van der Waals surface area contributed by atoms with Gasteiger partial charge in [-0.3, -0.25) is 0 Å². The van der Waals surface area contributed by atoms with E-state index in [2.05, 4.69) is 79.4 Å². The highest BCUT2D eigenvalue weighted by molar-refractivity contribution is 6.01. The molecule has 0 fully saturated rings. The SMILES string of the molecule is CCNc1ccc(N=Nc2ccc(/N=N/c3ccc(N=Nc4ccc(NCC)c5ccccc45)cc3)cc2)c2ccccc12. The Morgan fingerprint density at radius 2 is 0.682 bits per heavy atom. The third-order valence-corrected chi connectivity index (χ3v) is 7.06. The summed E-state index contributed by atoms with van der Waals surface area (Å²) < 4.78 is 0. The molecule has 0 aliphatic heterocycles. The van der Waals surface area contributed by atoms with Gasteiger partial charge in [-0.25, -0.2) is 0 Å². The molecule has 44 heavy (non-hydrogen) atoms. The molecule has 0 spiro atoms. The van der Waals surface area contributed by atoms with Crippen molar-refractivity contribution in [3.63, 3.8) is 0 Å². The van der Waals surface area contributed by atoms with Gasteiger partial charge in [0.1, 0.15) is 0 Å². The number of fused-ring (bicyclic) bond motifs is 2. The Bertz CT molecular complexity index is 1830. The van der Waals surface area contributed by atoms with Gasteiger partial charge in [0.2, 0.25) is 0 Å². The van der Waals surface area contributed by atoms with Crippen molar-refractivity contribution < 1.29 is 0 Å². The van der Waals surface area contributed by atoms with Crippen LogP contribution in [0.4, 0.5) is 45.5 Å². The highest BCUT2D eigenvalue weighted by atomic mass is 15.1. The molecule has 0 radical (unpaired) electrons. The van der Waals surface area contributed by atoms with Gasteiger partial charge in [-0.05, 0) is 86.6 Å². The van der Waals surface area contributed by atoms with Crippen molar-refractivity contribution in [3.05, 3.63) is 121 Å². The van der Waals surface area contributed by atoms with Crippen LogP contribution in [0.25, 0.3) is 21.5 Å². The van der Waals surface area contributed by atoms with E-state index in [4.69, 9.17) is 0 Å². The van der Waals surface area contributed by atoms with Crippen molar-refractivity contribution >= 4 is 67.0 Å². The molecule has 0 saturated carbocycles. The first kappa shape index (κ1) is 28.4. The fraction of sp³-hybridized carbons (Fsp3) is 0.111. The monoisotopic (exact) mass is 576 g/mol. The Kier molecular flexibility index (Phi) is 8.69. The van der Waals surface area contributed by atoms with E-state index in [-0.39, 0.29) is 0 Å². The summed E-state index contributed by atoms with van der Waals surface area (Å²) in [6.45, 7) is 5.89. The molecule has 216 valence electrons. The quantitative estimate of drug-likeness (QED) is 0.159. The number of hydrogen-bond acceptors (Lipinski definition) is 8. The first-order valence-corrected chi connectivity index (χ1v) is 14.7. The van der Waals surface area contributed by atoms with E-state index < -0.39 is 0 Å². The fourth-order valence-electron chi connectivity index (χ4n) is 4.94. The van der Waals surface area contributed by atoms with Gasteiger partial charge < -0.3 is 10.6 Å². The lowest BCUT2D eigenvalue weighted by atomic mass is 10.1. The van der Waals surface area contributed by atoms with Gasteiger partial charge in [-0.2, -0.15) is 20.5 Å². The zero-order valence-corrected chi connectivity index (χ0v) is 24.6. The molecule has 0 atom stereocenters. The molecule has 0 unspecified atom stereocenters. The summed E-state index contributed by atoms with van der Waals surface area (Å²) in [6, 6.07) is 39.5. The molecule has 6 aromatic carbocycles. The molecular formula is C36H32N8. The maximum Gasteiger partial charge on any atom is 0.0936 e. The van der Waals surface area contributed by atoms with Crippen LogP contribution in [0.15, 0.2) is 152 Å². The van der Waals surface area contributed by atoms with Crippen molar-refractivity contribution in [2.75, 3.05) is 23.7 Å². The first-order valence-electron chi connectivity index (χ1n) is 14.7. The number of nitrogens with one attached hydrogen (secondary N) is 2. The molecule has 6 aromatic rings. The Morgan fingerprint density at radius 3 is 1.02 bits per heavy atom. The topological polar surface area (TPSA) is 98.2 Å². The molecule has 8 nitrogen and oxygen atoms in total. The Hall–Kier alpha value is -5.76. The lowest BCUT2D eigenvalue weighted by Gasteiger charge is -2.09. The largest absolute Gasteiger partial charge is 0.385 e. The lowest BCUT2D eigenvalue weighted by Crippen LogP contribution is -1.96. The molecule has 8 heteroatoms. The molecule has 0 aromatic heterocycles. The molecule has 0 saturated heterocycles. The molecule has 0 heterocycles. The summed E-state index contributed by atoms with van der Waals surface area (Å²) in [5.41, 5.74) is 6.76. The number of nitrogens with zero attached hydrogens (tertiary/aromatic N) is 6. The number of hydrogen-bond donors (Lipinski definition) is 2. The first-order chi connectivity index (χ1) is 21.7. The number of rotatable bonds is 10. The van der Waals surface area contributed by atoms with Gasteiger partial charge in [0.05, 0.1) is 34.1 Å². The van der Waals surface area contributed by atoms with Crippen molar-refractivity contribution in [2.45, 2.75) is 13.8 Å². The normalized spacial score (nSPS) is 11.8. The summed E-state index contributed by atoms with van der Waals surface area (Å²) in [7, 11) is 0. The fourth-order valence-corrected chi connectivity index (χ4v) is 4.94. The van der Waals surface area contributed by atoms with Crippen LogP contribution in [0.2, 0.25) is 0 Å². The predicted molar refractivity (Wildman–Crippen MR) is 182 cm³/mol. The van der Waals surface area contributed by atoms with E-state index in [1.54, 1.807) is 0 Å². The summed E-state index contributed by atoms with van der Waals surface area (Å²) in [5, 5.41) is 37.9. The van der Waals surface area contributed by atoms with Crippen LogP contribution in [0, 0.1) is 0 Å². The van der Waals surface area contributed by atoms with Gasteiger partial charge in [0.15, 0.2) is 0 Å². The van der Waals surface area contributed by atoms with Crippen molar-refractivity contribution in [1.29, 1.82) is 0 Å². The van der Waals surface area contributed by atoms with Crippen LogP contribution in [-0.2, 0) is 0 Å². The van der Waals surface area contributed by atoms with Crippen LogP contribution >= 0.6 is 0 Å². The standard InChI is InChI=1S/C36H32N8/c1-3-37-33-21-23-35(31-11-7-5-9-29(31)33)43-41-27-17-13-25(14-18-27)39-40-26-15-19-28(20-16-26)42-44-36-24-22-34(38-4-2)30-10-6-8-12-32(30)36/h5-24,37-38H,3-4H2,1-2H3/b40-39+,43-41?,44-42?. The predicted octanol–water partition coefficient (Wildman–Crippen LogP) is 12.1. The van der Waals surface area contributed by atoms with Crippen molar-refractivity contribution in [2.24, 2.45) is 30.7 Å². The molecule has 0 bridgehead atoms.